The number of halogens is 5. The molecule has 1 saturated carbocycles. The first kappa shape index (κ1) is 24.1. The summed E-state index contributed by atoms with van der Waals surface area (Å²) in [4.78, 5) is 31.9. The van der Waals surface area contributed by atoms with Crippen LogP contribution in [0.5, 0.6) is 0 Å². The number of aryl methyl sites for hydroxylation is 1. The van der Waals surface area contributed by atoms with E-state index in [0.717, 1.165) is 5.56 Å². The van der Waals surface area contributed by atoms with Crippen molar-refractivity contribution in [2.45, 2.75) is 63.8 Å². The number of carbonyl (C=O) groups is 2. The van der Waals surface area contributed by atoms with E-state index in [0.29, 0.717) is 37.3 Å². The molecule has 1 aromatic heterocycles. The van der Waals surface area contributed by atoms with E-state index in [9.17, 15) is 31.5 Å². The second-order valence-electron chi connectivity index (χ2n) is 9.08. The SMILES string of the molecule is Cc1cncc(C(=O)N2[C@H](C)CC[C@@H]2C(=O)N[C@@H](c2cc(F)c(C(F)(F)F)cc2F)C2CC2)c1. The molecule has 0 spiro atoms. The highest BCUT2D eigenvalue weighted by Gasteiger charge is 2.43. The summed E-state index contributed by atoms with van der Waals surface area (Å²) in [5.74, 6) is -3.96. The maximum Gasteiger partial charge on any atom is 0.419 e. The van der Waals surface area contributed by atoms with Gasteiger partial charge in [0.1, 0.15) is 17.7 Å². The van der Waals surface area contributed by atoms with Crippen LogP contribution in [0.4, 0.5) is 22.0 Å². The first-order chi connectivity index (χ1) is 16.0. The molecule has 1 N–H and O–H groups in total. The first-order valence-corrected chi connectivity index (χ1v) is 11.1. The van der Waals surface area contributed by atoms with Gasteiger partial charge in [-0.15, -0.1) is 0 Å². The lowest BCUT2D eigenvalue weighted by atomic mass is 9.98. The van der Waals surface area contributed by atoms with Gasteiger partial charge in [0.2, 0.25) is 5.91 Å². The molecule has 10 heteroatoms. The van der Waals surface area contributed by atoms with Gasteiger partial charge < -0.3 is 10.2 Å². The van der Waals surface area contributed by atoms with Crippen molar-refractivity contribution in [2.24, 2.45) is 5.92 Å². The van der Waals surface area contributed by atoms with E-state index in [-0.39, 0.29) is 29.5 Å². The van der Waals surface area contributed by atoms with Crippen molar-refractivity contribution in [3.8, 4) is 0 Å². The quantitative estimate of drug-likeness (QED) is 0.615. The minimum absolute atomic E-state index is 0.129. The van der Waals surface area contributed by atoms with Crippen molar-refractivity contribution in [3.05, 3.63) is 64.5 Å². The van der Waals surface area contributed by atoms with Crippen LogP contribution in [0, 0.1) is 24.5 Å². The monoisotopic (exact) mass is 481 g/mol. The predicted molar refractivity (Wildman–Crippen MR) is 113 cm³/mol. The Bertz CT molecular complexity index is 1120. The number of amides is 2. The molecule has 3 atom stereocenters. The fraction of sp³-hybridized carbons (Fsp3) is 0.458. The van der Waals surface area contributed by atoms with Gasteiger partial charge in [-0.25, -0.2) is 8.78 Å². The van der Waals surface area contributed by atoms with Gasteiger partial charge in [0.15, 0.2) is 0 Å². The van der Waals surface area contributed by atoms with Crippen molar-refractivity contribution in [1.82, 2.24) is 15.2 Å². The van der Waals surface area contributed by atoms with Crippen LogP contribution >= 0.6 is 0 Å². The van der Waals surface area contributed by atoms with Crippen LogP contribution in [0.25, 0.3) is 0 Å². The smallest absolute Gasteiger partial charge is 0.347 e. The van der Waals surface area contributed by atoms with Crippen molar-refractivity contribution in [1.29, 1.82) is 0 Å². The van der Waals surface area contributed by atoms with E-state index in [4.69, 9.17) is 0 Å². The van der Waals surface area contributed by atoms with Crippen LogP contribution in [-0.4, -0.2) is 33.8 Å². The van der Waals surface area contributed by atoms with Gasteiger partial charge in [0.05, 0.1) is 17.2 Å². The van der Waals surface area contributed by atoms with E-state index >= 15 is 0 Å². The molecule has 1 saturated heterocycles. The highest BCUT2D eigenvalue weighted by molar-refractivity contribution is 5.98. The highest BCUT2D eigenvalue weighted by Crippen LogP contribution is 2.43. The van der Waals surface area contributed by atoms with Gasteiger partial charge in [-0.05, 0) is 69.2 Å². The fourth-order valence-corrected chi connectivity index (χ4v) is 4.55. The van der Waals surface area contributed by atoms with E-state index in [2.05, 4.69) is 10.3 Å². The molecule has 2 aliphatic rings. The van der Waals surface area contributed by atoms with Crippen LogP contribution < -0.4 is 5.32 Å². The maximum atomic E-state index is 14.7. The number of benzene rings is 1. The second kappa shape index (κ2) is 8.96. The molecule has 2 aromatic rings. The molecule has 182 valence electrons. The van der Waals surface area contributed by atoms with Gasteiger partial charge in [-0.2, -0.15) is 13.2 Å². The van der Waals surface area contributed by atoms with Crippen LogP contribution in [0.2, 0.25) is 0 Å². The largest absolute Gasteiger partial charge is 0.419 e. The lowest BCUT2D eigenvalue weighted by Gasteiger charge is -2.30. The molecule has 2 fully saturated rings. The van der Waals surface area contributed by atoms with E-state index < -0.39 is 41.4 Å². The Morgan fingerprint density at radius 3 is 2.38 bits per heavy atom. The van der Waals surface area contributed by atoms with Gasteiger partial charge in [0.25, 0.3) is 5.91 Å². The highest BCUT2D eigenvalue weighted by atomic mass is 19.4. The average molecular weight is 481 g/mol. The third-order valence-corrected chi connectivity index (χ3v) is 6.45. The zero-order valence-corrected chi connectivity index (χ0v) is 18.6. The number of alkyl halides is 3. The van der Waals surface area contributed by atoms with Gasteiger partial charge >= 0.3 is 6.18 Å². The molecule has 5 nitrogen and oxygen atoms in total. The number of rotatable bonds is 5. The number of nitrogens with one attached hydrogen (secondary N) is 1. The molecule has 0 radical (unpaired) electrons. The Morgan fingerprint density at radius 1 is 1.06 bits per heavy atom. The number of carbonyl (C=O) groups excluding carboxylic acids is 2. The molecule has 1 aromatic carbocycles. The molecular weight excluding hydrogens is 457 g/mol. The van der Waals surface area contributed by atoms with Crippen molar-refractivity contribution in [3.63, 3.8) is 0 Å². The zero-order chi connectivity index (χ0) is 24.8. The van der Waals surface area contributed by atoms with Gasteiger partial charge in [-0.1, -0.05) is 0 Å². The summed E-state index contributed by atoms with van der Waals surface area (Å²) in [5, 5.41) is 2.70. The minimum atomic E-state index is -5.03. The molecular formula is C24H24F5N3O2. The zero-order valence-electron chi connectivity index (χ0n) is 18.6. The molecule has 1 aliphatic heterocycles. The van der Waals surface area contributed by atoms with Crippen molar-refractivity contribution < 1.29 is 31.5 Å². The normalized spacial score (nSPS) is 21.4. The number of hydrogen-bond donors (Lipinski definition) is 1. The van der Waals surface area contributed by atoms with Gasteiger partial charge in [-0.3, -0.25) is 14.6 Å². The van der Waals surface area contributed by atoms with Crippen LogP contribution in [0.1, 0.15) is 65.7 Å². The molecule has 0 unspecified atom stereocenters. The number of pyridine rings is 1. The third kappa shape index (κ3) is 4.76. The Hall–Kier alpha value is -3.04. The van der Waals surface area contributed by atoms with Crippen LogP contribution in [0.3, 0.4) is 0 Å². The number of likely N-dealkylation sites (tertiary alicyclic amines) is 1. The number of nitrogens with zero attached hydrogens (tertiary/aromatic N) is 2. The minimum Gasteiger partial charge on any atom is -0.347 e. The summed E-state index contributed by atoms with van der Waals surface area (Å²) in [6.07, 6.45) is 0.166. The second-order valence-corrected chi connectivity index (χ2v) is 9.08. The van der Waals surface area contributed by atoms with E-state index in [1.165, 1.54) is 11.1 Å². The summed E-state index contributed by atoms with van der Waals surface area (Å²) in [7, 11) is 0. The summed E-state index contributed by atoms with van der Waals surface area (Å²) in [6.45, 7) is 3.61. The topological polar surface area (TPSA) is 62.3 Å². The number of hydrogen-bond acceptors (Lipinski definition) is 3. The molecule has 34 heavy (non-hydrogen) atoms. The number of aromatic nitrogens is 1. The van der Waals surface area contributed by atoms with Crippen molar-refractivity contribution >= 4 is 11.8 Å². The Kier molecular flexibility index (Phi) is 6.35. The molecule has 0 bridgehead atoms. The predicted octanol–water partition coefficient (Wildman–Crippen LogP) is 4.95. The third-order valence-electron chi connectivity index (χ3n) is 6.45. The lowest BCUT2D eigenvalue weighted by molar-refractivity contribution is -0.140. The summed E-state index contributed by atoms with van der Waals surface area (Å²) < 4.78 is 67.7. The van der Waals surface area contributed by atoms with Gasteiger partial charge in [0, 0.05) is 24.0 Å². The maximum absolute atomic E-state index is 14.7. The Labute approximate surface area is 193 Å². The lowest BCUT2D eigenvalue weighted by Crippen LogP contribution is -2.49. The molecule has 2 amide bonds. The molecule has 2 heterocycles. The van der Waals surface area contributed by atoms with Crippen molar-refractivity contribution in [2.75, 3.05) is 0 Å². The van der Waals surface area contributed by atoms with E-state index in [1.54, 1.807) is 19.2 Å². The Morgan fingerprint density at radius 2 is 1.76 bits per heavy atom. The fourth-order valence-electron chi connectivity index (χ4n) is 4.55. The Balaban J connectivity index is 1.59. The van der Waals surface area contributed by atoms with E-state index in [1.807, 2.05) is 6.92 Å². The summed E-state index contributed by atoms with van der Waals surface area (Å²) in [5.41, 5.74) is -0.899. The summed E-state index contributed by atoms with van der Waals surface area (Å²) >= 11 is 0. The summed E-state index contributed by atoms with van der Waals surface area (Å²) in [6, 6.07) is 0.250. The standard InChI is InChI=1S/C24H24F5N3O2/c1-12-7-15(11-30-10-12)23(34)32-13(2)3-6-20(32)22(33)31-21(14-4-5-14)16-8-19(26)17(9-18(16)25)24(27,28)29/h7-11,13-14,20-21H,3-6H2,1-2H3,(H,31,33)/t13-,20-,21-/m1/s1. The molecule has 1 aliphatic carbocycles. The first-order valence-electron chi connectivity index (χ1n) is 11.1. The van der Waals surface area contributed by atoms with Crippen LogP contribution in [-0.2, 0) is 11.0 Å². The molecule has 4 rings (SSSR count). The average Bonchev–Trinajstić information content (AvgIpc) is 3.53. The van der Waals surface area contributed by atoms with Crippen LogP contribution in [0.15, 0.2) is 30.6 Å².